The van der Waals surface area contributed by atoms with Gasteiger partial charge < -0.3 is 25.2 Å². The van der Waals surface area contributed by atoms with E-state index in [4.69, 9.17) is 14.6 Å². The number of rotatable bonds is 9. The maximum absolute atomic E-state index is 12.2. The molecule has 0 aliphatic rings. The molecule has 0 bridgehead atoms. The van der Waals surface area contributed by atoms with Crippen molar-refractivity contribution in [2.75, 3.05) is 30.6 Å². The number of amides is 2. The first-order chi connectivity index (χ1) is 14.3. The third-order valence-corrected chi connectivity index (χ3v) is 4.82. The number of hydrogen-bond donors (Lipinski definition) is 3. The van der Waals surface area contributed by atoms with E-state index in [1.807, 2.05) is 0 Å². The molecule has 9 heteroatoms. The first-order valence-corrected chi connectivity index (χ1v) is 9.77. The van der Waals surface area contributed by atoms with Gasteiger partial charge in [0, 0.05) is 46.1 Å². The molecule has 0 aliphatic heterocycles. The molecule has 0 spiro atoms. The van der Waals surface area contributed by atoms with Gasteiger partial charge in [-0.1, -0.05) is 0 Å². The predicted octanol–water partition coefficient (Wildman–Crippen LogP) is 3.40. The lowest BCUT2D eigenvalue weighted by Gasteiger charge is -2.10. The van der Waals surface area contributed by atoms with Crippen LogP contribution in [0.25, 0.3) is 0 Å². The number of aliphatic carboxylic acids is 1. The first kappa shape index (κ1) is 22.8. The van der Waals surface area contributed by atoms with Crippen molar-refractivity contribution in [1.29, 1.82) is 0 Å². The molecule has 2 aromatic rings. The highest BCUT2D eigenvalue weighted by Gasteiger charge is 2.08. The van der Waals surface area contributed by atoms with Crippen molar-refractivity contribution in [3.63, 3.8) is 0 Å². The number of anilines is 2. The second kappa shape index (κ2) is 10.9. The second-order valence-corrected chi connectivity index (χ2v) is 7.13. The zero-order valence-corrected chi connectivity index (χ0v) is 17.5. The standard InChI is InChI=1S/C21H22N2O6S/c1-13(21(26)27)8-19(24)22-14-4-6-18(7-5-14)30-12-20(25)23-15-9-16(28-2)11-17(10-15)29-3/h4-11H,12H2,1-3H3,(H,22,24)(H,23,25)(H,26,27). The summed E-state index contributed by atoms with van der Waals surface area (Å²) in [6.07, 6.45) is 1.02. The number of carboxylic acids is 1. The molecule has 2 aromatic carbocycles. The van der Waals surface area contributed by atoms with Crippen LogP contribution in [0.5, 0.6) is 11.5 Å². The van der Waals surface area contributed by atoms with Crippen molar-refractivity contribution in [2.24, 2.45) is 0 Å². The summed E-state index contributed by atoms with van der Waals surface area (Å²) in [6, 6.07) is 12.0. The largest absolute Gasteiger partial charge is 0.497 e. The Morgan fingerprint density at radius 1 is 0.967 bits per heavy atom. The Kier molecular flexibility index (Phi) is 8.30. The minimum atomic E-state index is -1.15. The van der Waals surface area contributed by atoms with Gasteiger partial charge in [0.2, 0.25) is 11.8 Å². The number of carbonyl (C=O) groups is 3. The van der Waals surface area contributed by atoms with Gasteiger partial charge >= 0.3 is 5.97 Å². The molecule has 30 heavy (non-hydrogen) atoms. The third kappa shape index (κ3) is 7.17. The van der Waals surface area contributed by atoms with Gasteiger partial charge in [0.05, 0.1) is 20.0 Å². The zero-order valence-electron chi connectivity index (χ0n) is 16.7. The SMILES string of the molecule is COc1cc(NC(=O)CSc2ccc(NC(=O)C=C(C)C(=O)O)cc2)cc(OC)c1. The fourth-order valence-electron chi connectivity index (χ4n) is 2.30. The van der Waals surface area contributed by atoms with Crippen molar-refractivity contribution in [1.82, 2.24) is 0 Å². The van der Waals surface area contributed by atoms with Crippen LogP contribution in [0.15, 0.2) is 59.0 Å². The molecule has 3 N–H and O–H groups in total. The zero-order chi connectivity index (χ0) is 22.1. The van der Waals surface area contributed by atoms with Crippen molar-refractivity contribution < 1.29 is 29.0 Å². The van der Waals surface area contributed by atoms with Crippen LogP contribution in [0, 0.1) is 0 Å². The average Bonchev–Trinajstić information content (AvgIpc) is 2.72. The molecular formula is C21H22N2O6S. The number of methoxy groups -OCH3 is 2. The van der Waals surface area contributed by atoms with Gasteiger partial charge in [-0.25, -0.2) is 4.79 Å². The molecule has 0 unspecified atom stereocenters. The lowest BCUT2D eigenvalue weighted by Crippen LogP contribution is -2.14. The Morgan fingerprint density at radius 3 is 2.10 bits per heavy atom. The highest BCUT2D eigenvalue weighted by Crippen LogP contribution is 2.26. The van der Waals surface area contributed by atoms with Gasteiger partial charge in [-0.05, 0) is 31.2 Å². The van der Waals surface area contributed by atoms with Gasteiger partial charge in [0.1, 0.15) is 11.5 Å². The van der Waals surface area contributed by atoms with Crippen molar-refractivity contribution in [3.05, 3.63) is 54.1 Å². The molecule has 0 fully saturated rings. The van der Waals surface area contributed by atoms with E-state index in [9.17, 15) is 14.4 Å². The number of hydrogen-bond acceptors (Lipinski definition) is 6. The van der Waals surface area contributed by atoms with Crippen LogP contribution < -0.4 is 20.1 Å². The van der Waals surface area contributed by atoms with Crippen LogP contribution in [0.1, 0.15) is 6.92 Å². The maximum atomic E-state index is 12.2. The summed E-state index contributed by atoms with van der Waals surface area (Å²) in [6.45, 7) is 1.34. The predicted molar refractivity (Wildman–Crippen MR) is 115 cm³/mol. The number of carboxylic acid groups (broad SMARTS) is 1. The van der Waals surface area contributed by atoms with E-state index in [0.717, 1.165) is 11.0 Å². The van der Waals surface area contributed by atoms with E-state index in [2.05, 4.69) is 10.6 Å². The third-order valence-electron chi connectivity index (χ3n) is 3.81. The molecule has 8 nitrogen and oxygen atoms in total. The van der Waals surface area contributed by atoms with Gasteiger partial charge in [0.25, 0.3) is 0 Å². The molecule has 158 valence electrons. The van der Waals surface area contributed by atoms with Crippen molar-refractivity contribution >= 4 is 40.9 Å². The van der Waals surface area contributed by atoms with Crippen LogP contribution in [-0.4, -0.2) is 42.9 Å². The average molecular weight is 430 g/mol. The van der Waals surface area contributed by atoms with Crippen molar-refractivity contribution in [3.8, 4) is 11.5 Å². The molecule has 0 saturated heterocycles. The highest BCUT2D eigenvalue weighted by atomic mass is 32.2. The molecule has 0 saturated carbocycles. The highest BCUT2D eigenvalue weighted by molar-refractivity contribution is 8.00. The summed E-state index contributed by atoms with van der Waals surface area (Å²) >= 11 is 1.33. The maximum Gasteiger partial charge on any atom is 0.331 e. The smallest absolute Gasteiger partial charge is 0.331 e. The van der Waals surface area contributed by atoms with E-state index in [0.29, 0.717) is 22.9 Å². The van der Waals surface area contributed by atoms with Gasteiger partial charge in [0.15, 0.2) is 0 Å². The number of carbonyl (C=O) groups excluding carboxylic acids is 2. The molecular weight excluding hydrogens is 408 g/mol. The molecule has 0 atom stereocenters. The summed E-state index contributed by atoms with van der Waals surface area (Å²) in [7, 11) is 3.07. The topological polar surface area (TPSA) is 114 Å². The summed E-state index contributed by atoms with van der Waals surface area (Å²) in [5, 5.41) is 14.2. The molecule has 0 aromatic heterocycles. The fraction of sp³-hybridized carbons (Fsp3) is 0.190. The molecule has 0 heterocycles. The van der Waals surface area contributed by atoms with Crippen LogP contribution in [0.3, 0.4) is 0 Å². The molecule has 0 radical (unpaired) electrons. The summed E-state index contributed by atoms with van der Waals surface area (Å²) in [4.78, 5) is 35.6. The van der Waals surface area contributed by atoms with Gasteiger partial charge in [-0.15, -0.1) is 11.8 Å². The van der Waals surface area contributed by atoms with Crippen LogP contribution in [-0.2, 0) is 14.4 Å². The fourth-order valence-corrected chi connectivity index (χ4v) is 3.00. The van der Waals surface area contributed by atoms with Crippen LogP contribution in [0.2, 0.25) is 0 Å². The Morgan fingerprint density at radius 2 is 1.57 bits per heavy atom. The Balaban J connectivity index is 1.89. The Bertz CT molecular complexity index is 934. The first-order valence-electron chi connectivity index (χ1n) is 8.79. The molecule has 2 rings (SSSR count). The second-order valence-electron chi connectivity index (χ2n) is 6.08. The Labute approximate surface area is 178 Å². The van der Waals surface area contributed by atoms with E-state index in [-0.39, 0.29) is 17.2 Å². The Hall–Kier alpha value is -3.46. The van der Waals surface area contributed by atoms with Gasteiger partial charge in [-0.3, -0.25) is 9.59 Å². The van der Waals surface area contributed by atoms with Crippen LogP contribution >= 0.6 is 11.8 Å². The normalized spacial score (nSPS) is 10.8. The van der Waals surface area contributed by atoms with E-state index in [1.54, 1.807) is 42.5 Å². The van der Waals surface area contributed by atoms with E-state index >= 15 is 0 Å². The van der Waals surface area contributed by atoms with E-state index < -0.39 is 11.9 Å². The summed E-state index contributed by atoms with van der Waals surface area (Å²) in [5.41, 5.74) is 1.03. The minimum Gasteiger partial charge on any atom is -0.497 e. The van der Waals surface area contributed by atoms with Gasteiger partial charge in [-0.2, -0.15) is 0 Å². The van der Waals surface area contributed by atoms with Crippen LogP contribution in [0.4, 0.5) is 11.4 Å². The lowest BCUT2D eigenvalue weighted by molar-refractivity contribution is -0.132. The molecule has 0 aliphatic carbocycles. The molecule has 2 amide bonds. The summed E-state index contributed by atoms with van der Waals surface area (Å²) < 4.78 is 10.4. The number of ether oxygens (including phenoxy) is 2. The van der Waals surface area contributed by atoms with Crippen molar-refractivity contribution in [2.45, 2.75) is 11.8 Å². The quantitative estimate of drug-likeness (QED) is 0.413. The minimum absolute atomic E-state index is 0.0562. The van der Waals surface area contributed by atoms with E-state index in [1.165, 1.54) is 32.9 Å². The number of benzene rings is 2. The summed E-state index contributed by atoms with van der Waals surface area (Å²) in [5.74, 6) is -0.536. The monoisotopic (exact) mass is 430 g/mol. The number of thioether (sulfide) groups is 1. The number of nitrogens with one attached hydrogen (secondary N) is 2. The lowest BCUT2D eigenvalue weighted by atomic mass is 10.2.